The van der Waals surface area contributed by atoms with Gasteiger partial charge in [-0.2, -0.15) is 0 Å². The Labute approximate surface area is 129 Å². The first kappa shape index (κ1) is 15.0. The molecule has 7 nitrogen and oxygen atoms in total. The van der Waals surface area contributed by atoms with E-state index in [-0.39, 0.29) is 11.8 Å². The fourth-order valence-corrected chi connectivity index (χ4v) is 3.48. The summed E-state index contributed by atoms with van der Waals surface area (Å²) in [4.78, 5) is 30.9. The maximum Gasteiger partial charge on any atom is 0.259 e. The SMILES string of the molecule is Cc1nocc1C(=O)N1CCC2(CC1)C(=O)N(C)CCN2C. The van der Waals surface area contributed by atoms with Crippen LogP contribution >= 0.6 is 0 Å². The minimum Gasteiger partial charge on any atom is -0.364 e. The van der Waals surface area contributed by atoms with Crippen molar-refractivity contribution >= 4 is 11.8 Å². The van der Waals surface area contributed by atoms with Crippen LogP contribution in [-0.2, 0) is 4.79 Å². The Hall–Kier alpha value is -1.89. The van der Waals surface area contributed by atoms with Crippen molar-refractivity contribution in [1.82, 2.24) is 19.9 Å². The summed E-state index contributed by atoms with van der Waals surface area (Å²) >= 11 is 0. The van der Waals surface area contributed by atoms with E-state index in [0.29, 0.717) is 37.2 Å². The van der Waals surface area contributed by atoms with E-state index in [0.717, 1.165) is 13.1 Å². The molecule has 0 aliphatic carbocycles. The molecule has 2 saturated heterocycles. The van der Waals surface area contributed by atoms with Crippen LogP contribution in [0.2, 0.25) is 0 Å². The molecule has 2 amide bonds. The molecule has 2 fully saturated rings. The van der Waals surface area contributed by atoms with Crippen molar-refractivity contribution in [3.05, 3.63) is 17.5 Å². The summed E-state index contributed by atoms with van der Waals surface area (Å²) in [5.41, 5.74) is 0.667. The molecule has 22 heavy (non-hydrogen) atoms. The molecule has 2 aliphatic rings. The first-order valence-corrected chi connectivity index (χ1v) is 7.63. The van der Waals surface area contributed by atoms with Crippen molar-refractivity contribution < 1.29 is 14.1 Å². The van der Waals surface area contributed by atoms with Crippen molar-refractivity contribution in [2.45, 2.75) is 25.3 Å². The Morgan fingerprint density at radius 2 is 1.91 bits per heavy atom. The lowest BCUT2D eigenvalue weighted by molar-refractivity contribution is -0.151. The third-order valence-electron chi connectivity index (χ3n) is 5.10. The molecule has 0 atom stereocenters. The van der Waals surface area contributed by atoms with Crippen LogP contribution in [0.5, 0.6) is 0 Å². The smallest absolute Gasteiger partial charge is 0.259 e. The molecule has 1 spiro atoms. The first-order chi connectivity index (χ1) is 10.5. The molecular formula is C15H22N4O3. The Morgan fingerprint density at radius 1 is 1.23 bits per heavy atom. The summed E-state index contributed by atoms with van der Waals surface area (Å²) in [6.45, 7) is 4.55. The van der Waals surface area contributed by atoms with Crippen LogP contribution in [0.15, 0.2) is 10.8 Å². The van der Waals surface area contributed by atoms with Gasteiger partial charge in [-0.25, -0.2) is 0 Å². The minimum atomic E-state index is -0.451. The topological polar surface area (TPSA) is 69.9 Å². The predicted molar refractivity (Wildman–Crippen MR) is 79.4 cm³/mol. The predicted octanol–water partition coefficient (Wildman–Crippen LogP) is 0.362. The molecule has 120 valence electrons. The van der Waals surface area contributed by atoms with Gasteiger partial charge in [0.05, 0.1) is 5.69 Å². The van der Waals surface area contributed by atoms with Crippen molar-refractivity contribution in [3.8, 4) is 0 Å². The molecule has 3 heterocycles. The van der Waals surface area contributed by atoms with Crippen molar-refractivity contribution in [2.24, 2.45) is 0 Å². The Bertz CT molecular complexity index is 589. The quantitative estimate of drug-likeness (QED) is 0.749. The van der Waals surface area contributed by atoms with Gasteiger partial charge < -0.3 is 14.3 Å². The summed E-state index contributed by atoms with van der Waals surface area (Å²) in [5, 5.41) is 3.76. The Balaban J connectivity index is 1.73. The average molecular weight is 306 g/mol. The lowest BCUT2D eigenvalue weighted by Crippen LogP contribution is -2.67. The average Bonchev–Trinajstić information content (AvgIpc) is 2.95. The number of carbonyl (C=O) groups is 2. The van der Waals surface area contributed by atoms with Crippen LogP contribution < -0.4 is 0 Å². The van der Waals surface area contributed by atoms with Crippen LogP contribution in [0.3, 0.4) is 0 Å². The van der Waals surface area contributed by atoms with Crippen LogP contribution in [0.1, 0.15) is 28.9 Å². The van der Waals surface area contributed by atoms with Crippen LogP contribution in [0, 0.1) is 6.92 Å². The number of likely N-dealkylation sites (tertiary alicyclic amines) is 1. The third-order valence-corrected chi connectivity index (χ3v) is 5.10. The maximum atomic E-state index is 12.6. The van der Waals surface area contributed by atoms with Gasteiger partial charge >= 0.3 is 0 Å². The fourth-order valence-electron chi connectivity index (χ4n) is 3.48. The van der Waals surface area contributed by atoms with Crippen LogP contribution in [-0.4, -0.2) is 77.5 Å². The third kappa shape index (κ3) is 2.20. The maximum absolute atomic E-state index is 12.6. The number of likely N-dealkylation sites (N-methyl/N-ethyl adjacent to an activating group) is 2. The summed E-state index contributed by atoms with van der Waals surface area (Å²) in [6, 6.07) is 0. The second-order valence-electron chi connectivity index (χ2n) is 6.29. The Kier molecular flexibility index (Phi) is 3.68. The minimum absolute atomic E-state index is 0.0622. The van der Waals surface area contributed by atoms with E-state index >= 15 is 0 Å². The monoisotopic (exact) mass is 306 g/mol. The highest BCUT2D eigenvalue weighted by molar-refractivity contribution is 5.95. The van der Waals surface area contributed by atoms with E-state index in [4.69, 9.17) is 4.52 Å². The molecule has 3 rings (SSSR count). The highest BCUT2D eigenvalue weighted by Crippen LogP contribution is 2.32. The summed E-state index contributed by atoms with van der Waals surface area (Å²) in [6.07, 6.45) is 2.74. The molecule has 0 unspecified atom stereocenters. The molecular weight excluding hydrogens is 284 g/mol. The lowest BCUT2D eigenvalue weighted by atomic mass is 9.83. The molecule has 1 aromatic heterocycles. The fraction of sp³-hybridized carbons (Fsp3) is 0.667. The molecule has 0 radical (unpaired) electrons. The Morgan fingerprint density at radius 3 is 2.50 bits per heavy atom. The molecule has 0 saturated carbocycles. The zero-order valence-electron chi connectivity index (χ0n) is 13.3. The van der Waals surface area contributed by atoms with Crippen LogP contribution in [0.4, 0.5) is 0 Å². The van der Waals surface area contributed by atoms with Gasteiger partial charge in [0.2, 0.25) is 5.91 Å². The standard InChI is InChI=1S/C15H22N4O3/c1-11-12(10-22-16-11)13(20)19-6-4-15(5-7-19)14(21)17(2)8-9-18(15)3/h10H,4-9H2,1-3H3. The molecule has 7 heteroatoms. The highest BCUT2D eigenvalue weighted by atomic mass is 16.5. The first-order valence-electron chi connectivity index (χ1n) is 7.63. The number of aryl methyl sites for hydroxylation is 1. The number of nitrogens with zero attached hydrogens (tertiary/aromatic N) is 4. The molecule has 1 aromatic rings. The van der Waals surface area contributed by atoms with Gasteiger partial charge in [0.25, 0.3) is 5.91 Å². The van der Waals surface area contributed by atoms with Gasteiger partial charge in [0.15, 0.2) is 0 Å². The molecule has 0 N–H and O–H groups in total. The van der Waals surface area contributed by atoms with Crippen LogP contribution in [0.25, 0.3) is 0 Å². The number of hydrogen-bond acceptors (Lipinski definition) is 5. The van der Waals surface area contributed by atoms with E-state index in [1.54, 1.807) is 11.8 Å². The summed E-state index contributed by atoms with van der Waals surface area (Å²) in [7, 11) is 3.86. The van der Waals surface area contributed by atoms with Gasteiger partial charge in [-0.15, -0.1) is 0 Å². The number of rotatable bonds is 1. The highest BCUT2D eigenvalue weighted by Gasteiger charge is 2.49. The van der Waals surface area contributed by atoms with Crippen molar-refractivity contribution in [1.29, 1.82) is 0 Å². The zero-order valence-corrected chi connectivity index (χ0v) is 13.3. The number of amides is 2. The van der Waals surface area contributed by atoms with Gasteiger partial charge in [-0.3, -0.25) is 14.5 Å². The van der Waals surface area contributed by atoms with Gasteiger partial charge in [0, 0.05) is 33.2 Å². The number of hydrogen-bond donors (Lipinski definition) is 0. The zero-order chi connectivity index (χ0) is 15.9. The molecule has 2 aliphatic heterocycles. The summed E-state index contributed by atoms with van der Waals surface area (Å²) in [5.74, 6) is 0.113. The normalized spacial score (nSPS) is 22.4. The van der Waals surface area contributed by atoms with E-state index in [1.807, 2.05) is 19.0 Å². The van der Waals surface area contributed by atoms with Gasteiger partial charge in [0.1, 0.15) is 17.4 Å². The lowest BCUT2D eigenvalue weighted by Gasteiger charge is -2.50. The number of aromatic nitrogens is 1. The van der Waals surface area contributed by atoms with Crippen molar-refractivity contribution in [3.63, 3.8) is 0 Å². The number of piperidine rings is 1. The van der Waals surface area contributed by atoms with Gasteiger partial charge in [-0.1, -0.05) is 5.16 Å². The van der Waals surface area contributed by atoms with E-state index < -0.39 is 5.54 Å². The van der Waals surface area contributed by atoms with Gasteiger partial charge in [-0.05, 0) is 26.8 Å². The van der Waals surface area contributed by atoms with E-state index in [1.165, 1.54) is 6.26 Å². The largest absolute Gasteiger partial charge is 0.364 e. The van der Waals surface area contributed by atoms with E-state index in [2.05, 4.69) is 10.1 Å². The van der Waals surface area contributed by atoms with Crippen molar-refractivity contribution in [2.75, 3.05) is 40.3 Å². The van der Waals surface area contributed by atoms with E-state index in [9.17, 15) is 9.59 Å². The second kappa shape index (κ2) is 5.39. The molecule has 0 bridgehead atoms. The number of carbonyl (C=O) groups excluding carboxylic acids is 2. The summed E-state index contributed by atoms with van der Waals surface area (Å²) < 4.78 is 4.85. The molecule has 0 aromatic carbocycles. The second-order valence-corrected chi connectivity index (χ2v) is 6.29. The number of piperazine rings is 1.